The summed E-state index contributed by atoms with van der Waals surface area (Å²) in [7, 11) is 0. The van der Waals surface area contributed by atoms with E-state index < -0.39 is 0 Å². The van der Waals surface area contributed by atoms with Crippen molar-refractivity contribution in [2.45, 2.75) is 6.54 Å². The van der Waals surface area contributed by atoms with Crippen LogP contribution in [0.4, 0.5) is 11.9 Å². The number of fused-ring (bicyclic) bond motifs is 1. The summed E-state index contributed by atoms with van der Waals surface area (Å²) >= 11 is 0. The minimum Gasteiger partial charge on any atom is -0.368 e. The number of nitrogens with one attached hydrogen (secondary N) is 2. The van der Waals surface area contributed by atoms with Gasteiger partial charge in [-0.3, -0.25) is 4.57 Å². The van der Waals surface area contributed by atoms with Crippen molar-refractivity contribution in [3.8, 4) is 0 Å². The normalized spacial score (nSPS) is 19.0. The second-order valence-corrected chi connectivity index (χ2v) is 3.53. The Labute approximate surface area is 91.3 Å². The molecular formula is C8H12N8. The van der Waals surface area contributed by atoms with Crippen LogP contribution in [0.15, 0.2) is 9.98 Å². The maximum absolute atomic E-state index is 5.61. The Bertz CT molecular complexity index is 513. The highest BCUT2D eigenvalue weighted by Gasteiger charge is 2.13. The van der Waals surface area contributed by atoms with Crippen LogP contribution in [0.2, 0.25) is 0 Å². The first-order valence-electron chi connectivity index (χ1n) is 5.14. The predicted molar refractivity (Wildman–Crippen MR) is 58.8 cm³/mol. The Morgan fingerprint density at radius 2 is 2.19 bits per heavy atom. The van der Waals surface area contributed by atoms with Crippen molar-refractivity contribution < 1.29 is 0 Å². The third-order valence-corrected chi connectivity index (χ3v) is 2.41. The first kappa shape index (κ1) is 9.13. The molecule has 0 spiro atoms. The van der Waals surface area contributed by atoms with Crippen molar-refractivity contribution >= 4 is 17.9 Å². The zero-order chi connectivity index (χ0) is 11.0. The lowest BCUT2D eigenvalue weighted by Gasteiger charge is -2.03. The summed E-state index contributed by atoms with van der Waals surface area (Å²) in [6, 6.07) is 0. The number of guanidine groups is 1. The fourth-order valence-electron chi connectivity index (χ4n) is 1.71. The average Bonchev–Trinajstić information content (AvgIpc) is 2.87. The molecule has 0 aromatic carbocycles. The van der Waals surface area contributed by atoms with Crippen LogP contribution in [-0.2, 0) is 6.54 Å². The Morgan fingerprint density at radius 1 is 1.25 bits per heavy atom. The van der Waals surface area contributed by atoms with Crippen LogP contribution in [-0.4, -0.2) is 40.1 Å². The highest BCUT2D eigenvalue weighted by Crippen LogP contribution is 2.06. The number of nitrogen functional groups attached to an aromatic ring is 1. The summed E-state index contributed by atoms with van der Waals surface area (Å²) < 4.78 is 1.89. The molecule has 8 heteroatoms. The summed E-state index contributed by atoms with van der Waals surface area (Å²) in [6.45, 7) is 3.19. The van der Waals surface area contributed by atoms with E-state index in [2.05, 4.69) is 30.6 Å². The molecule has 84 valence electrons. The van der Waals surface area contributed by atoms with E-state index in [4.69, 9.17) is 5.73 Å². The predicted octanol–water partition coefficient (Wildman–Crippen LogP) is -1.85. The molecule has 1 aromatic rings. The highest BCUT2D eigenvalue weighted by atomic mass is 15.3. The zero-order valence-electron chi connectivity index (χ0n) is 8.64. The Hall–Kier alpha value is -2.12. The summed E-state index contributed by atoms with van der Waals surface area (Å²) in [6.07, 6.45) is 0. The SMILES string of the molecule is Nc1nc2n(c(=NC3=NCCN3)n1)CCN2. The standard InChI is InChI=1S/C8H12N8/c9-5-13-7-12-3-4-16(7)8(14-5)15-6-10-1-2-11-6/h1-4H2,(H4,9,10,11,12,13,14,15). The van der Waals surface area contributed by atoms with Crippen LogP contribution in [0, 0.1) is 0 Å². The quantitative estimate of drug-likeness (QED) is 0.476. The van der Waals surface area contributed by atoms with Crippen LogP contribution in [0.3, 0.4) is 0 Å². The molecule has 8 nitrogen and oxygen atoms in total. The second kappa shape index (κ2) is 3.47. The van der Waals surface area contributed by atoms with Gasteiger partial charge in [0, 0.05) is 19.6 Å². The molecule has 0 saturated heterocycles. The molecule has 16 heavy (non-hydrogen) atoms. The number of rotatable bonds is 0. The molecule has 3 heterocycles. The lowest BCUT2D eigenvalue weighted by Crippen LogP contribution is -2.29. The van der Waals surface area contributed by atoms with Crippen molar-refractivity contribution in [2.24, 2.45) is 9.98 Å². The van der Waals surface area contributed by atoms with Crippen molar-refractivity contribution in [1.29, 1.82) is 0 Å². The van der Waals surface area contributed by atoms with Crippen molar-refractivity contribution in [3.63, 3.8) is 0 Å². The third kappa shape index (κ3) is 1.47. The van der Waals surface area contributed by atoms with Gasteiger partial charge in [-0.1, -0.05) is 0 Å². The summed E-state index contributed by atoms with van der Waals surface area (Å²) in [4.78, 5) is 16.7. The van der Waals surface area contributed by atoms with Crippen LogP contribution in [0.5, 0.6) is 0 Å². The Balaban J connectivity index is 2.12. The molecule has 3 rings (SSSR count). The fourth-order valence-corrected chi connectivity index (χ4v) is 1.71. The van der Waals surface area contributed by atoms with Gasteiger partial charge in [-0.05, 0) is 0 Å². The van der Waals surface area contributed by atoms with Gasteiger partial charge < -0.3 is 16.4 Å². The summed E-state index contributed by atoms with van der Waals surface area (Å²) in [5, 5.41) is 6.18. The minimum absolute atomic E-state index is 0.220. The minimum atomic E-state index is 0.220. The lowest BCUT2D eigenvalue weighted by molar-refractivity contribution is 0.712. The molecular weight excluding hydrogens is 208 g/mol. The molecule has 0 saturated carbocycles. The second-order valence-electron chi connectivity index (χ2n) is 3.53. The summed E-state index contributed by atoms with van der Waals surface area (Å²) in [5.74, 6) is 1.54. The first-order chi connectivity index (χ1) is 7.83. The number of aromatic nitrogens is 3. The van der Waals surface area contributed by atoms with E-state index in [0.29, 0.717) is 17.5 Å². The molecule has 0 fully saturated rings. The number of nitrogens with two attached hydrogens (primary N) is 1. The van der Waals surface area contributed by atoms with E-state index >= 15 is 0 Å². The largest absolute Gasteiger partial charge is 0.368 e. The first-order valence-corrected chi connectivity index (χ1v) is 5.14. The van der Waals surface area contributed by atoms with Gasteiger partial charge in [-0.15, -0.1) is 0 Å². The third-order valence-electron chi connectivity index (χ3n) is 2.41. The average molecular weight is 220 g/mol. The van der Waals surface area contributed by atoms with Gasteiger partial charge in [-0.25, -0.2) is 4.99 Å². The fraction of sp³-hybridized carbons (Fsp3) is 0.500. The topological polar surface area (TPSA) is 106 Å². The van der Waals surface area contributed by atoms with E-state index in [1.807, 2.05) is 4.57 Å². The van der Waals surface area contributed by atoms with Gasteiger partial charge in [0.2, 0.25) is 23.5 Å². The molecule has 0 atom stereocenters. The van der Waals surface area contributed by atoms with Crippen LogP contribution < -0.4 is 22.0 Å². The van der Waals surface area contributed by atoms with Gasteiger partial charge in [0.1, 0.15) is 0 Å². The molecule has 2 aliphatic rings. The Morgan fingerprint density at radius 3 is 3.00 bits per heavy atom. The molecule has 4 N–H and O–H groups in total. The maximum atomic E-state index is 5.61. The van der Waals surface area contributed by atoms with Crippen LogP contribution >= 0.6 is 0 Å². The van der Waals surface area contributed by atoms with Crippen LogP contribution in [0.1, 0.15) is 0 Å². The van der Waals surface area contributed by atoms with E-state index in [0.717, 1.165) is 26.2 Å². The number of anilines is 2. The monoisotopic (exact) mass is 220 g/mol. The van der Waals surface area contributed by atoms with E-state index in [-0.39, 0.29) is 5.95 Å². The van der Waals surface area contributed by atoms with E-state index in [1.165, 1.54) is 0 Å². The number of hydrogen-bond donors (Lipinski definition) is 3. The molecule has 0 radical (unpaired) electrons. The van der Waals surface area contributed by atoms with Crippen molar-refractivity contribution in [1.82, 2.24) is 19.9 Å². The van der Waals surface area contributed by atoms with Crippen LogP contribution in [0.25, 0.3) is 0 Å². The number of hydrogen-bond acceptors (Lipinski definition) is 7. The van der Waals surface area contributed by atoms with E-state index in [1.54, 1.807) is 0 Å². The Kier molecular flexibility index (Phi) is 1.98. The molecule has 0 bridgehead atoms. The lowest BCUT2D eigenvalue weighted by atomic mass is 10.7. The number of aliphatic imine (C=N–C) groups is 1. The molecule has 1 aromatic heterocycles. The smallest absolute Gasteiger partial charge is 0.238 e. The molecule has 0 unspecified atom stereocenters. The van der Waals surface area contributed by atoms with Gasteiger partial charge in [-0.2, -0.15) is 15.0 Å². The van der Waals surface area contributed by atoms with Gasteiger partial charge in [0.25, 0.3) is 0 Å². The molecule has 0 amide bonds. The maximum Gasteiger partial charge on any atom is 0.238 e. The van der Waals surface area contributed by atoms with Gasteiger partial charge in [0.05, 0.1) is 6.54 Å². The molecule has 2 aliphatic heterocycles. The van der Waals surface area contributed by atoms with Crippen molar-refractivity contribution in [3.05, 3.63) is 5.62 Å². The van der Waals surface area contributed by atoms with Crippen molar-refractivity contribution in [2.75, 3.05) is 30.7 Å². The van der Waals surface area contributed by atoms with E-state index in [9.17, 15) is 0 Å². The van der Waals surface area contributed by atoms with Gasteiger partial charge in [0.15, 0.2) is 0 Å². The van der Waals surface area contributed by atoms with Gasteiger partial charge >= 0.3 is 0 Å². The zero-order valence-corrected chi connectivity index (χ0v) is 8.64. The molecule has 0 aliphatic carbocycles. The number of nitrogens with zero attached hydrogens (tertiary/aromatic N) is 5. The highest BCUT2D eigenvalue weighted by molar-refractivity contribution is 5.81. The summed E-state index contributed by atoms with van der Waals surface area (Å²) in [5.41, 5.74) is 6.15.